The van der Waals surface area contributed by atoms with Crippen LogP contribution < -0.4 is 4.74 Å². The molecule has 1 heterocycles. The molecule has 1 aromatic rings. The summed E-state index contributed by atoms with van der Waals surface area (Å²) < 4.78 is 5.16. The molecule has 0 saturated carbocycles. The molecule has 1 unspecified atom stereocenters. The summed E-state index contributed by atoms with van der Waals surface area (Å²) in [6.07, 6.45) is 1.30. The van der Waals surface area contributed by atoms with E-state index in [1.165, 1.54) is 7.11 Å². The number of likely N-dealkylation sites (tertiary alicyclic amines) is 1. The van der Waals surface area contributed by atoms with Crippen molar-refractivity contribution in [2.45, 2.75) is 12.8 Å². The summed E-state index contributed by atoms with van der Waals surface area (Å²) in [5, 5.41) is 9.55. The van der Waals surface area contributed by atoms with Gasteiger partial charge in [0.2, 0.25) is 0 Å². The van der Waals surface area contributed by atoms with Gasteiger partial charge in [-0.05, 0) is 31.0 Å². The van der Waals surface area contributed by atoms with Crippen LogP contribution in [0.4, 0.5) is 0 Å². The zero-order valence-electron chi connectivity index (χ0n) is 11.1. The Balaban J connectivity index is 2.20. The van der Waals surface area contributed by atoms with E-state index in [-0.39, 0.29) is 12.5 Å². The highest BCUT2D eigenvalue weighted by atomic mass is 35.5. The number of amides is 1. The summed E-state index contributed by atoms with van der Waals surface area (Å²) in [6, 6.07) is 4.80. The number of rotatable bonds is 3. The van der Waals surface area contributed by atoms with Crippen LogP contribution in [0.15, 0.2) is 18.2 Å². The SMILES string of the molecule is COc1cc(Cl)ccc1C(=O)N1CCCC(C(=O)O)C1. The number of methoxy groups -OCH3 is 1. The Bertz CT molecular complexity index is 532. The molecule has 1 N–H and O–H groups in total. The van der Waals surface area contributed by atoms with E-state index in [9.17, 15) is 9.59 Å². The topological polar surface area (TPSA) is 66.8 Å². The molecule has 1 fully saturated rings. The van der Waals surface area contributed by atoms with E-state index in [1.54, 1.807) is 23.1 Å². The number of hydrogen-bond donors (Lipinski definition) is 1. The molecule has 6 heteroatoms. The second-order valence-electron chi connectivity index (χ2n) is 4.77. The molecule has 2 rings (SSSR count). The van der Waals surface area contributed by atoms with E-state index in [0.717, 1.165) is 0 Å². The first-order chi connectivity index (χ1) is 9.52. The molecule has 0 aromatic heterocycles. The van der Waals surface area contributed by atoms with Crippen LogP contribution in [-0.2, 0) is 4.79 Å². The van der Waals surface area contributed by atoms with Gasteiger partial charge in [-0.25, -0.2) is 0 Å². The highest BCUT2D eigenvalue weighted by molar-refractivity contribution is 6.30. The van der Waals surface area contributed by atoms with Gasteiger partial charge in [-0.3, -0.25) is 9.59 Å². The Kier molecular flexibility index (Phi) is 4.49. The van der Waals surface area contributed by atoms with E-state index in [2.05, 4.69) is 0 Å². The first-order valence-corrected chi connectivity index (χ1v) is 6.76. The number of carbonyl (C=O) groups is 2. The van der Waals surface area contributed by atoms with Crippen LogP contribution in [0.2, 0.25) is 5.02 Å². The molecular formula is C14H16ClNO4. The molecule has 1 atom stereocenters. The Morgan fingerprint density at radius 3 is 2.85 bits per heavy atom. The summed E-state index contributed by atoms with van der Waals surface area (Å²) >= 11 is 5.87. The molecule has 0 spiro atoms. The zero-order chi connectivity index (χ0) is 14.7. The number of carboxylic acid groups (broad SMARTS) is 1. The summed E-state index contributed by atoms with van der Waals surface area (Å²) in [5.41, 5.74) is 0.405. The van der Waals surface area contributed by atoms with Crippen molar-refractivity contribution in [3.05, 3.63) is 28.8 Å². The van der Waals surface area contributed by atoms with Crippen molar-refractivity contribution in [1.29, 1.82) is 0 Å². The van der Waals surface area contributed by atoms with Crippen LogP contribution in [-0.4, -0.2) is 42.1 Å². The Morgan fingerprint density at radius 2 is 2.20 bits per heavy atom. The molecule has 0 aliphatic carbocycles. The number of aliphatic carboxylic acids is 1. The summed E-state index contributed by atoms with van der Waals surface area (Å²) in [6.45, 7) is 0.800. The van der Waals surface area contributed by atoms with Crippen LogP contribution in [0, 0.1) is 5.92 Å². The normalized spacial score (nSPS) is 18.7. The first kappa shape index (κ1) is 14.7. The van der Waals surface area contributed by atoms with Crippen LogP contribution in [0.5, 0.6) is 5.75 Å². The second kappa shape index (κ2) is 6.13. The van der Waals surface area contributed by atoms with Crippen molar-refractivity contribution < 1.29 is 19.4 Å². The fourth-order valence-corrected chi connectivity index (χ4v) is 2.54. The number of benzene rings is 1. The lowest BCUT2D eigenvalue weighted by atomic mass is 9.97. The Labute approximate surface area is 122 Å². The monoisotopic (exact) mass is 297 g/mol. The quantitative estimate of drug-likeness (QED) is 0.929. The average molecular weight is 298 g/mol. The maximum Gasteiger partial charge on any atom is 0.308 e. The van der Waals surface area contributed by atoms with Gasteiger partial charge < -0.3 is 14.7 Å². The van der Waals surface area contributed by atoms with Crippen LogP contribution in [0.3, 0.4) is 0 Å². The zero-order valence-corrected chi connectivity index (χ0v) is 11.9. The Hall–Kier alpha value is -1.75. The number of nitrogens with zero attached hydrogens (tertiary/aromatic N) is 1. The third-order valence-corrected chi connectivity index (χ3v) is 3.69. The predicted molar refractivity (Wildman–Crippen MR) is 74.3 cm³/mol. The summed E-state index contributed by atoms with van der Waals surface area (Å²) in [4.78, 5) is 25.1. The number of halogens is 1. The lowest BCUT2D eigenvalue weighted by Crippen LogP contribution is -2.42. The van der Waals surface area contributed by atoms with E-state index in [4.69, 9.17) is 21.4 Å². The number of ether oxygens (including phenoxy) is 1. The van der Waals surface area contributed by atoms with Gasteiger partial charge in [0.1, 0.15) is 5.75 Å². The number of hydrogen-bond acceptors (Lipinski definition) is 3. The van der Waals surface area contributed by atoms with Gasteiger partial charge in [0.25, 0.3) is 5.91 Å². The predicted octanol–water partition coefficient (Wildman–Crippen LogP) is 2.29. The molecule has 20 heavy (non-hydrogen) atoms. The minimum absolute atomic E-state index is 0.218. The number of carbonyl (C=O) groups excluding carboxylic acids is 1. The highest BCUT2D eigenvalue weighted by Gasteiger charge is 2.29. The molecule has 0 radical (unpaired) electrons. The van der Waals surface area contributed by atoms with Crippen molar-refractivity contribution in [2.24, 2.45) is 5.92 Å². The van der Waals surface area contributed by atoms with Gasteiger partial charge in [-0.15, -0.1) is 0 Å². The summed E-state index contributed by atoms with van der Waals surface area (Å²) in [7, 11) is 1.47. The largest absolute Gasteiger partial charge is 0.496 e. The second-order valence-corrected chi connectivity index (χ2v) is 5.21. The van der Waals surface area contributed by atoms with Gasteiger partial charge in [-0.1, -0.05) is 11.6 Å². The van der Waals surface area contributed by atoms with Crippen molar-refractivity contribution >= 4 is 23.5 Å². The van der Waals surface area contributed by atoms with Gasteiger partial charge >= 0.3 is 5.97 Å². The average Bonchev–Trinajstić information content (AvgIpc) is 2.46. The maximum atomic E-state index is 12.5. The summed E-state index contributed by atoms with van der Waals surface area (Å²) in [5.74, 6) is -1.17. The molecule has 1 amide bonds. The van der Waals surface area contributed by atoms with Crippen molar-refractivity contribution in [2.75, 3.05) is 20.2 Å². The third-order valence-electron chi connectivity index (χ3n) is 3.45. The van der Waals surface area contributed by atoms with E-state index < -0.39 is 11.9 Å². The molecule has 1 saturated heterocycles. The van der Waals surface area contributed by atoms with E-state index in [1.807, 2.05) is 0 Å². The minimum atomic E-state index is -0.856. The van der Waals surface area contributed by atoms with Gasteiger partial charge in [-0.2, -0.15) is 0 Å². The van der Waals surface area contributed by atoms with Gasteiger partial charge in [0, 0.05) is 18.1 Å². The van der Waals surface area contributed by atoms with Crippen molar-refractivity contribution in [3.63, 3.8) is 0 Å². The lowest BCUT2D eigenvalue weighted by Gasteiger charge is -2.31. The molecule has 1 aliphatic heterocycles. The molecule has 5 nitrogen and oxygen atoms in total. The van der Waals surface area contributed by atoms with Crippen molar-refractivity contribution in [1.82, 2.24) is 4.90 Å². The first-order valence-electron chi connectivity index (χ1n) is 6.38. The fourth-order valence-electron chi connectivity index (χ4n) is 2.38. The van der Waals surface area contributed by atoms with E-state index >= 15 is 0 Å². The Morgan fingerprint density at radius 1 is 1.45 bits per heavy atom. The number of piperidine rings is 1. The standard InChI is InChI=1S/C14H16ClNO4/c1-20-12-7-10(15)4-5-11(12)13(17)16-6-2-3-9(8-16)14(18)19/h4-5,7,9H,2-3,6,8H2,1H3,(H,18,19). The highest BCUT2D eigenvalue weighted by Crippen LogP contribution is 2.26. The smallest absolute Gasteiger partial charge is 0.308 e. The molecule has 1 aromatic carbocycles. The van der Waals surface area contributed by atoms with Gasteiger partial charge in [0.05, 0.1) is 18.6 Å². The molecule has 0 bridgehead atoms. The molecule has 1 aliphatic rings. The minimum Gasteiger partial charge on any atom is -0.496 e. The fraction of sp³-hybridized carbons (Fsp3) is 0.429. The van der Waals surface area contributed by atoms with Crippen LogP contribution >= 0.6 is 11.6 Å². The van der Waals surface area contributed by atoms with Crippen LogP contribution in [0.25, 0.3) is 0 Å². The van der Waals surface area contributed by atoms with Crippen LogP contribution in [0.1, 0.15) is 23.2 Å². The van der Waals surface area contributed by atoms with Crippen molar-refractivity contribution in [3.8, 4) is 5.75 Å². The molecular weight excluding hydrogens is 282 g/mol. The molecule has 108 valence electrons. The van der Waals surface area contributed by atoms with Gasteiger partial charge in [0.15, 0.2) is 0 Å². The maximum absolute atomic E-state index is 12.5. The third kappa shape index (κ3) is 3.04. The van der Waals surface area contributed by atoms with E-state index in [0.29, 0.717) is 35.7 Å². The lowest BCUT2D eigenvalue weighted by molar-refractivity contribution is -0.143. The number of carboxylic acids is 1.